The normalized spacial score (nSPS) is 15.2. The molecule has 0 radical (unpaired) electrons. The Morgan fingerprint density at radius 3 is 2.48 bits per heavy atom. The first-order valence-corrected chi connectivity index (χ1v) is 7.86. The molecular weight excluding hydrogens is 335 g/mol. The van der Waals surface area contributed by atoms with Crippen LogP contribution < -0.4 is 14.8 Å². The van der Waals surface area contributed by atoms with Crippen molar-refractivity contribution in [2.75, 3.05) is 18.5 Å². The van der Waals surface area contributed by atoms with E-state index in [1.807, 2.05) is 6.07 Å². The Morgan fingerprint density at radius 1 is 1.04 bits per heavy atom. The highest BCUT2D eigenvalue weighted by Crippen LogP contribution is 2.41. The lowest BCUT2D eigenvalue weighted by Crippen LogP contribution is -2.15. The lowest BCUT2D eigenvalue weighted by atomic mass is 9.99. The van der Waals surface area contributed by atoms with E-state index in [2.05, 4.69) is 5.32 Å². The summed E-state index contributed by atoms with van der Waals surface area (Å²) >= 11 is 0. The number of ether oxygens (including phenoxy) is 2. The highest BCUT2D eigenvalue weighted by Gasteiger charge is 2.31. The number of fused-ring (bicyclic) bond motifs is 2. The Morgan fingerprint density at radius 2 is 1.76 bits per heavy atom. The van der Waals surface area contributed by atoms with Gasteiger partial charge < -0.3 is 14.8 Å². The zero-order chi connectivity index (χ0) is 17.6. The molecule has 7 heteroatoms. The minimum atomic E-state index is -4.41. The van der Waals surface area contributed by atoms with Gasteiger partial charge in [0.1, 0.15) is 11.5 Å². The van der Waals surface area contributed by atoms with Crippen molar-refractivity contribution in [1.29, 1.82) is 0 Å². The minimum Gasteiger partial charge on any atom is -0.493 e. The van der Waals surface area contributed by atoms with Gasteiger partial charge in [-0.2, -0.15) is 13.2 Å². The fraction of sp³-hybridized carbons (Fsp3) is 0.278. The summed E-state index contributed by atoms with van der Waals surface area (Å²) < 4.78 is 49.1. The zero-order valence-electron chi connectivity index (χ0n) is 13.1. The number of carbonyl (C=O) groups excluding carboxylic acids is 1. The van der Waals surface area contributed by atoms with Crippen LogP contribution in [-0.2, 0) is 19.0 Å². The number of amides is 1. The molecule has 0 aromatic heterocycles. The van der Waals surface area contributed by atoms with Crippen LogP contribution in [0.2, 0.25) is 0 Å². The lowest BCUT2D eigenvalue weighted by molar-refractivity contribution is -0.137. The molecule has 2 aromatic rings. The predicted molar refractivity (Wildman–Crippen MR) is 84.2 cm³/mol. The zero-order valence-corrected chi connectivity index (χ0v) is 13.1. The quantitative estimate of drug-likeness (QED) is 0.896. The molecule has 2 aromatic carbocycles. The number of hydrogen-bond donors (Lipinski definition) is 1. The maximum absolute atomic E-state index is 12.7. The van der Waals surface area contributed by atoms with E-state index in [0.717, 1.165) is 23.3 Å². The van der Waals surface area contributed by atoms with Gasteiger partial charge in [0.25, 0.3) is 5.91 Å². The van der Waals surface area contributed by atoms with Crippen molar-refractivity contribution in [2.24, 2.45) is 0 Å². The summed E-state index contributed by atoms with van der Waals surface area (Å²) in [5, 5.41) is 2.65. The van der Waals surface area contributed by atoms with Crippen LogP contribution in [0.5, 0.6) is 11.5 Å². The fourth-order valence-corrected chi connectivity index (χ4v) is 3.16. The first-order valence-electron chi connectivity index (χ1n) is 7.86. The van der Waals surface area contributed by atoms with Crippen LogP contribution in [0.4, 0.5) is 18.9 Å². The van der Waals surface area contributed by atoms with E-state index >= 15 is 0 Å². The molecule has 2 aliphatic heterocycles. The van der Waals surface area contributed by atoms with E-state index in [-0.39, 0.29) is 0 Å². The van der Waals surface area contributed by atoms with Gasteiger partial charge in [0.15, 0.2) is 0 Å². The van der Waals surface area contributed by atoms with Crippen molar-refractivity contribution in [3.8, 4) is 11.5 Å². The number of hydrogen-bond acceptors (Lipinski definition) is 3. The summed E-state index contributed by atoms with van der Waals surface area (Å²) in [6.07, 6.45) is -3.11. The maximum Gasteiger partial charge on any atom is 0.416 e. The second-order valence-electron chi connectivity index (χ2n) is 5.94. The molecule has 0 aliphatic carbocycles. The Balaban J connectivity index is 1.64. The van der Waals surface area contributed by atoms with Gasteiger partial charge in [0.2, 0.25) is 0 Å². The molecule has 130 valence electrons. The summed E-state index contributed by atoms with van der Waals surface area (Å²) in [5.41, 5.74) is 1.65. The largest absolute Gasteiger partial charge is 0.493 e. The molecule has 0 spiro atoms. The highest BCUT2D eigenvalue weighted by molar-refractivity contribution is 6.08. The Hall–Kier alpha value is -2.70. The van der Waals surface area contributed by atoms with E-state index in [0.29, 0.717) is 48.8 Å². The van der Waals surface area contributed by atoms with E-state index in [1.54, 1.807) is 0 Å². The topological polar surface area (TPSA) is 47.6 Å². The van der Waals surface area contributed by atoms with Crippen molar-refractivity contribution < 1.29 is 27.4 Å². The fourth-order valence-electron chi connectivity index (χ4n) is 3.16. The third-order valence-corrected chi connectivity index (χ3v) is 4.35. The van der Waals surface area contributed by atoms with Gasteiger partial charge in [-0.3, -0.25) is 4.79 Å². The van der Waals surface area contributed by atoms with Crippen molar-refractivity contribution in [1.82, 2.24) is 0 Å². The van der Waals surface area contributed by atoms with E-state index in [9.17, 15) is 18.0 Å². The standard InChI is InChI=1S/C18H14F3NO3/c19-18(20,21)11-1-3-12(4-2-11)22-17(23)15-13-6-8-24-14(13)9-10-5-7-25-16(10)15/h1-4,9H,5-8H2,(H,22,23). The molecule has 1 N–H and O–H groups in total. The molecule has 0 fully saturated rings. The second kappa shape index (κ2) is 5.68. The molecule has 0 bridgehead atoms. The maximum atomic E-state index is 12.7. The summed E-state index contributed by atoms with van der Waals surface area (Å²) in [6.45, 7) is 0.998. The number of benzene rings is 2. The van der Waals surface area contributed by atoms with Crippen molar-refractivity contribution >= 4 is 11.6 Å². The lowest BCUT2D eigenvalue weighted by Gasteiger charge is -2.13. The van der Waals surface area contributed by atoms with Crippen LogP contribution in [0.25, 0.3) is 0 Å². The van der Waals surface area contributed by atoms with Gasteiger partial charge in [-0.25, -0.2) is 0 Å². The van der Waals surface area contributed by atoms with Gasteiger partial charge in [-0.15, -0.1) is 0 Å². The number of alkyl halides is 3. The Kier molecular flexibility index (Phi) is 3.59. The summed E-state index contributed by atoms with van der Waals surface area (Å²) in [5.74, 6) is 0.829. The van der Waals surface area contributed by atoms with Crippen LogP contribution in [-0.4, -0.2) is 19.1 Å². The smallest absolute Gasteiger partial charge is 0.416 e. The summed E-state index contributed by atoms with van der Waals surface area (Å²) in [6, 6.07) is 6.26. The van der Waals surface area contributed by atoms with E-state index in [4.69, 9.17) is 9.47 Å². The van der Waals surface area contributed by atoms with Crippen LogP contribution in [0.1, 0.15) is 27.0 Å². The Bertz CT molecular complexity index is 812. The molecule has 0 saturated heterocycles. The third-order valence-electron chi connectivity index (χ3n) is 4.35. The van der Waals surface area contributed by atoms with Crippen molar-refractivity contribution in [3.05, 3.63) is 52.6 Å². The molecule has 2 aliphatic rings. The SMILES string of the molecule is O=C(Nc1ccc(C(F)(F)F)cc1)c1c2c(cc3c1OCC3)OCC2. The molecule has 0 saturated carbocycles. The number of rotatable bonds is 2. The van der Waals surface area contributed by atoms with Crippen molar-refractivity contribution in [2.45, 2.75) is 19.0 Å². The van der Waals surface area contributed by atoms with Gasteiger partial charge in [0.05, 0.1) is 24.3 Å². The van der Waals surface area contributed by atoms with Crippen LogP contribution in [0.15, 0.2) is 30.3 Å². The molecule has 2 heterocycles. The van der Waals surface area contributed by atoms with Crippen molar-refractivity contribution in [3.63, 3.8) is 0 Å². The van der Waals surface area contributed by atoms with E-state index < -0.39 is 17.6 Å². The molecule has 25 heavy (non-hydrogen) atoms. The molecule has 0 unspecified atom stereocenters. The molecule has 4 rings (SSSR count). The number of nitrogens with one attached hydrogen (secondary N) is 1. The average molecular weight is 349 g/mol. The van der Waals surface area contributed by atoms with Crippen LogP contribution in [0.3, 0.4) is 0 Å². The number of carbonyl (C=O) groups is 1. The van der Waals surface area contributed by atoms with Crippen LogP contribution >= 0.6 is 0 Å². The molecule has 1 amide bonds. The van der Waals surface area contributed by atoms with Gasteiger partial charge in [-0.05, 0) is 30.3 Å². The number of anilines is 1. The number of halogens is 3. The average Bonchev–Trinajstić information content (AvgIpc) is 3.20. The van der Waals surface area contributed by atoms with E-state index in [1.165, 1.54) is 12.1 Å². The third kappa shape index (κ3) is 2.79. The highest BCUT2D eigenvalue weighted by atomic mass is 19.4. The Labute approximate surface area is 141 Å². The minimum absolute atomic E-state index is 0.293. The van der Waals surface area contributed by atoms with Gasteiger partial charge >= 0.3 is 6.18 Å². The molecule has 4 nitrogen and oxygen atoms in total. The van der Waals surface area contributed by atoms with Gasteiger partial charge in [0, 0.05) is 29.7 Å². The molecular formula is C18H14F3NO3. The van der Waals surface area contributed by atoms with Gasteiger partial charge in [-0.1, -0.05) is 0 Å². The molecule has 0 atom stereocenters. The predicted octanol–water partition coefficient (Wildman–Crippen LogP) is 3.83. The second-order valence-corrected chi connectivity index (χ2v) is 5.94. The summed E-state index contributed by atoms with van der Waals surface area (Å²) in [4.78, 5) is 12.7. The first kappa shape index (κ1) is 15.8. The summed E-state index contributed by atoms with van der Waals surface area (Å²) in [7, 11) is 0. The first-order chi connectivity index (χ1) is 11.9. The monoisotopic (exact) mass is 349 g/mol. The van der Waals surface area contributed by atoms with Crippen LogP contribution in [0, 0.1) is 0 Å².